The Morgan fingerprint density at radius 1 is 1.44 bits per heavy atom. The van der Waals surface area contributed by atoms with E-state index >= 15 is 0 Å². The average Bonchev–Trinajstić information content (AvgIpc) is 2.74. The van der Waals surface area contributed by atoms with Gasteiger partial charge in [0.2, 0.25) is 0 Å². The Hall–Kier alpha value is -1.10. The third-order valence-electron chi connectivity index (χ3n) is 3.67. The van der Waals surface area contributed by atoms with Gasteiger partial charge in [-0.15, -0.1) is 0 Å². The van der Waals surface area contributed by atoms with Gasteiger partial charge in [0, 0.05) is 17.1 Å². The second-order valence-corrected chi connectivity index (χ2v) is 6.21. The van der Waals surface area contributed by atoms with Crippen LogP contribution >= 0.6 is 15.9 Å². The lowest BCUT2D eigenvalue weighted by Gasteiger charge is -2.24. The molecule has 0 aromatic heterocycles. The molecule has 18 heavy (non-hydrogen) atoms. The van der Waals surface area contributed by atoms with Gasteiger partial charge in [-0.1, -0.05) is 35.7 Å². The first-order chi connectivity index (χ1) is 8.50. The smallest absolute Gasteiger partial charge is 0.292 e. The lowest BCUT2D eigenvalue weighted by molar-refractivity contribution is -0.384. The van der Waals surface area contributed by atoms with Gasteiger partial charge in [-0.3, -0.25) is 10.1 Å². The van der Waals surface area contributed by atoms with Crippen molar-refractivity contribution in [2.75, 3.05) is 11.9 Å². The highest BCUT2D eigenvalue weighted by Gasteiger charge is 2.29. The Morgan fingerprint density at radius 3 is 2.72 bits per heavy atom. The van der Waals surface area contributed by atoms with Gasteiger partial charge in [-0.25, -0.2) is 0 Å². The molecule has 0 saturated heterocycles. The summed E-state index contributed by atoms with van der Waals surface area (Å²) in [6.07, 6.45) is 4.92. The molecule has 1 aromatic rings. The van der Waals surface area contributed by atoms with E-state index in [-0.39, 0.29) is 16.0 Å². The van der Waals surface area contributed by atoms with Crippen LogP contribution in [0.4, 0.5) is 11.4 Å². The molecule has 1 aliphatic carbocycles. The maximum absolute atomic E-state index is 11.0. The summed E-state index contributed by atoms with van der Waals surface area (Å²) >= 11 is 3.35. The van der Waals surface area contributed by atoms with Crippen molar-refractivity contribution in [2.24, 2.45) is 5.41 Å². The van der Waals surface area contributed by atoms with E-state index in [0.29, 0.717) is 5.69 Å². The molecule has 0 heterocycles. The number of hydrogen-bond donors (Lipinski definition) is 1. The van der Waals surface area contributed by atoms with Gasteiger partial charge in [-0.05, 0) is 30.4 Å². The quantitative estimate of drug-likeness (QED) is 0.664. The van der Waals surface area contributed by atoms with Crippen LogP contribution in [0.3, 0.4) is 0 Å². The summed E-state index contributed by atoms with van der Waals surface area (Å²) < 4.78 is 0.854. The summed E-state index contributed by atoms with van der Waals surface area (Å²) in [7, 11) is 0. The molecule has 1 aromatic carbocycles. The molecule has 0 amide bonds. The van der Waals surface area contributed by atoms with Crippen LogP contribution in [0.1, 0.15) is 32.6 Å². The summed E-state index contributed by atoms with van der Waals surface area (Å²) in [5, 5.41) is 14.2. The fraction of sp³-hybridized carbons (Fsp3) is 0.538. The number of benzene rings is 1. The second-order valence-electron chi connectivity index (χ2n) is 5.29. The Morgan fingerprint density at radius 2 is 2.11 bits per heavy atom. The normalized spacial score (nSPS) is 17.7. The van der Waals surface area contributed by atoms with Crippen molar-refractivity contribution in [3.8, 4) is 0 Å². The van der Waals surface area contributed by atoms with Gasteiger partial charge >= 0.3 is 0 Å². The zero-order valence-corrected chi connectivity index (χ0v) is 12.0. The lowest BCUT2D eigenvalue weighted by Crippen LogP contribution is -2.23. The molecule has 1 saturated carbocycles. The molecule has 0 unspecified atom stereocenters. The molecule has 0 radical (unpaired) electrons. The Labute approximate surface area is 115 Å². The molecule has 1 N–H and O–H groups in total. The topological polar surface area (TPSA) is 55.2 Å². The van der Waals surface area contributed by atoms with E-state index in [1.165, 1.54) is 31.7 Å². The minimum absolute atomic E-state index is 0.139. The summed E-state index contributed by atoms with van der Waals surface area (Å²) in [5.74, 6) is 0. The van der Waals surface area contributed by atoms with Crippen LogP contribution in [0.5, 0.6) is 0 Å². The Bertz CT molecular complexity index is 456. The highest BCUT2D eigenvalue weighted by atomic mass is 79.9. The zero-order chi connectivity index (χ0) is 13.2. The number of anilines is 1. The largest absolute Gasteiger partial charge is 0.379 e. The Kier molecular flexibility index (Phi) is 3.90. The zero-order valence-electron chi connectivity index (χ0n) is 10.4. The maximum atomic E-state index is 11.0. The summed E-state index contributed by atoms with van der Waals surface area (Å²) in [5.41, 5.74) is 1.01. The van der Waals surface area contributed by atoms with Crippen LogP contribution in [0.25, 0.3) is 0 Å². The molecule has 1 aliphatic rings. The number of rotatable bonds is 4. The molecular formula is C13H17BrN2O2. The van der Waals surface area contributed by atoms with E-state index < -0.39 is 0 Å². The number of hydrogen-bond acceptors (Lipinski definition) is 3. The fourth-order valence-electron chi connectivity index (χ4n) is 2.52. The van der Waals surface area contributed by atoms with Crippen LogP contribution in [0, 0.1) is 15.5 Å². The van der Waals surface area contributed by atoms with E-state index in [0.717, 1.165) is 11.0 Å². The van der Waals surface area contributed by atoms with E-state index in [4.69, 9.17) is 0 Å². The fourth-order valence-corrected chi connectivity index (χ4v) is 2.88. The summed E-state index contributed by atoms with van der Waals surface area (Å²) in [4.78, 5) is 10.6. The minimum atomic E-state index is -0.342. The van der Waals surface area contributed by atoms with Gasteiger partial charge in [0.25, 0.3) is 5.69 Å². The highest BCUT2D eigenvalue weighted by Crippen LogP contribution is 2.38. The molecule has 0 aliphatic heterocycles. The lowest BCUT2D eigenvalue weighted by atomic mass is 9.89. The van der Waals surface area contributed by atoms with Gasteiger partial charge in [-0.2, -0.15) is 0 Å². The standard InChI is InChI=1S/C13H17BrN2O2/c1-13(6-2-3-7-13)9-15-11-8-10(14)4-5-12(11)16(17)18/h4-5,8,15H,2-3,6-7,9H2,1H3. The molecule has 5 heteroatoms. The highest BCUT2D eigenvalue weighted by molar-refractivity contribution is 9.10. The first-order valence-electron chi connectivity index (χ1n) is 6.18. The predicted octanol–water partition coefficient (Wildman–Crippen LogP) is 4.35. The predicted molar refractivity (Wildman–Crippen MR) is 75.9 cm³/mol. The molecule has 0 spiro atoms. The van der Waals surface area contributed by atoms with E-state index in [2.05, 4.69) is 28.2 Å². The molecule has 2 rings (SSSR count). The first kappa shape index (κ1) is 13.3. The summed E-state index contributed by atoms with van der Waals surface area (Å²) in [6.45, 7) is 3.04. The van der Waals surface area contributed by atoms with Crippen LogP contribution in [-0.4, -0.2) is 11.5 Å². The number of nitrogens with one attached hydrogen (secondary N) is 1. The van der Waals surface area contributed by atoms with Gasteiger partial charge < -0.3 is 5.32 Å². The van der Waals surface area contributed by atoms with Crippen molar-refractivity contribution in [1.29, 1.82) is 0 Å². The third kappa shape index (κ3) is 3.02. The van der Waals surface area contributed by atoms with Crippen molar-refractivity contribution >= 4 is 27.3 Å². The molecule has 98 valence electrons. The molecule has 4 nitrogen and oxygen atoms in total. The van der Waals surface area contributed by atoms with E-state index in [9.17, 15) is 10.1 Å². The van der Waals surface area contributed by atoms with E-state index in [1.54, 1.807) is 12.1 Å². The van der Waals surface area contributed by atoms with Crippen molar-refractivity contribution in [3.63, 3.8) is 0 Å². The minimum Gasteiger partial charge on any atom is -0.379 e. The molecule has 0 atom stereocenters. The monoisotopic (exact) mass is 312 g/mol. The van der Waals surface area contributed by atoms with Crippen LogP contribution in [0.15, 0.2) is 22.7 Å². The number of halogens is 1. The van der Waals surface area contributed by atoms with Gasteiger partial charge in [0.15, 0.2) is 0 Å². The van der Waals surface area contributed by atoms with Crippen LogP contribution in [0.2, 0.25) is 0 Å². The maximum Gasteiger partial charge on any atom is 0.292 e. The molecule has 1 fully saturated rings. The number of nitro groups is 1. The number of nitrogens with zero attached hydrogens (tertiary/aromatic N) is 1. The van der Waals surface area contributed by atoms with Gasteiger partial charge in [0.05, 0.1) is 4.92 Å². The first-order valence-corrected chi connectivity index (χ1v) is 6.97. The Balaban J connectivity index is 2.12. The second kappa shape index (κ2) is 5.26. The molecular weight excluding hydrogens is 296 g/mol. The molecule has 0 bridgehead atoms. The van der Waals surface area contributed by atoms with Crippen molar-refractivity contribution in [2.45, 2.75) is 32.6 Å². The average molecular weight is 313 g/mol. The SMILES string of the molecule is CC1(CNc2cc(Br)ccc2[N+](=O)[O-])CCCC1. The van der Waals surface area contributed by atoms with Crippen molar-refractivity contribution in [3.05, 3.63) is 32.8 Å². The van der Waals surface area contributed by atoms with Gasteiger partial charge in [0.1, 0.15) is 5.69 Å². The van der Waals surface area contributed by atoms with E-state index in [1.807, 2.05) is 0 Å². The van der Waals surface area contributed by atoms with Crippen molar-refractivity contribution < 1.29 is 4.92 Å². The van der Waals surface area contributed by atoms with Crippen LogP contribution < -0.4 is 5.32 Å². The summed E-state index contributed by atoms with van der Waals surface area (Å²) in [6, 6.07) is 5.00. The third-order valence-corrected chi connectivity index (χ3v) is 4.16. The van der Waals surface area contributed by atoms with Crippen LogP contribution in [-0.2, 0) is 0 Å². The number of nitro benzene ring substituents is 1. The van der Waals surface area contributed by atoms with Crippen molar-refractivity contribution in [1.82, 2.24) is 0 Å².